The number of rotatable bonds is 6. The number of nitrogens with zero attached hydrogens (tertiary/aromatic N) is 1. The third-order valence-corrected chi connectivity index (χ3v) is 3.26. The third-order valence-electron chi connectivity index (χ3n) is 3.26. The molecule has 0 bridgehead atoms. The van der Waals surface area contributed by atoms with Gasteiger partial charge >= 0.3 is 0 Å². The Morgan fingerprint density at radius 1 is 1.21 bits per heavy atom. The summed E-state index contributed by atoms with van der Waals surface area (Å²) in [6, 6.07) is 10.5. The second kappa shape index (κ2) is 7.05. The van der Waals surface area contributed by atoms with E-state index >= 15 is 0 Å². The van der Waals surface area contributed by atoms with Crippen molar-refractivity contribution in [1.82, 2.24) is 10.3 Å². The van der Waals surface area contributed by atoms with Crippen LogP contribution in [0.25, 0.3) is 17.0 Å². The van der Waals surface area contributed by atoms with E-state index in [0.29, 0.717) is 0 Å². The molecule has 0 aliphatic carbocycles. The Labute approximate surface area is 115 Å². The van der Waals surface area contributed by atoms with Crippen molar-refractivity contribution in [1.29, 1.82) is 0 Å². The molecule has 0 saturated carbocycles. The summed E-state index contributed by atoms with van der Waals surface area (Å²) in [5, 5.41) is 4.67. The lowest BCUT2D eigenvalue weighted by Crippen LogP contribution is -2.17. The Hall–Kier alpha value is -1.67. The summed E-state index contributed by atoms with van der Waals surface area (Å²) < 4.78 is 0. The van der Waals surface area contributed by atoms with E-state index in [1.807, 2.05) is 12.3 Å². The quantitative estimate of drug-likeness (QED) is 0.787. The second-order valence-electron chi connectivity index (χ2n) is 4.76. The molecule has 0 radical (unpaired) electrons. The molecule has 1 aromatic carbocycles. The lowest BCUT2D eigenvalue weighted by molar-refractivity contribution is 0.706. The van der Waals surface area contributed by atoms with E-state index in [1.165, 1.54) is 22.9 Å². The molecule has 0 aliphatic heterocycles. The van der Waals surface area contributed by atoms with Gasteiger partial charge in [-0.15, -0.1) is 0 Å². The van der Waals surface area contributed by atoms with Crippen molar-refractivity contribution in [2.24, 2.45) is 0 Å². The van der Waals surface area contributed by atoms with Crippen molar-refractivity contribution in [3.63, 3.8) is 0 Å². The Bertz CT molecular complexity index is 553. The van der Waals surface area contributed by atoms with Crippen molar-refractivity contribution in [3.8, 4) is 0 Å². The number of para-hydroxylation sites is 1. The van der Waals surface area contributed by atoms with Crippen LogP contribution in [0.3, 0.4) is 0 Å². The summed E-state index contributed by atoms with van der Waals surface area (Å²) in [5.41, 5.74) is 3.73. The highest BCUT2D eigenvalue weighted by Crippen LogP contribution is 2.19. The average molecular weight is 254 g/mol. The molecule has 1 aromatic heterocycles. The summed E-state index contributed by atoms with van der Waals surface area (Å²) in [7, 11) is 0. The predicted molar refractivity (Wildman–Crippen MR) is 83.2 cm³/mol. The Balaban J connectivity index is 2.27. The minimum Gasteiger partial charge on any atom is -0.313 e. The van der Waals surface area contributed by atoms with E-state index < -0.39 is 0 Å². The first-order valence-corrected chi connectivity index (χ1v) is 7.09. The maximum Gasteiger partial charge on any atom is 0.0774 e. The van der Waals surface area contributed by atoms with Crippen LogP contribution in [0.4, 0.5) is 0 Å². The van der Waals surface area contributed by atoms with Gasteiger partial charge in [0.2, 0.25) is 0 Å². The minimum absolute atomic E-state index is 0.966. The zero-order valence-corrected chi connectivity index (χ0v) is 11.8. The van der Waals surface area contributed by atoms with E-state index in [0.717, 1.165) is 25.0 Å². The normalized spacial score (nSPS) is 12.0. The molecule has 0 amide bonds. The van der Waals surface area contributed by atoms with E-state index in [4.69, 9.17) is 0 Å². The molecule has 0 atom stereocenters. The zero-order chi connectivity index (χ0) is 13.5. The standard InChI is InChI=1S/C17H22N2/c1-3-10-18-13-14(4-2)12-16-8-5-7-15-9-6-11-19-17(15)16/h5-9,11-12,18H,3-4,10,13H2,1-2H3. The van der Waals surface area contributed by atoms with Crippen LogP contribution in [0.1, 0.15) is 32.3 Å². The molecule has 2 rings (SSSR count). The van der Waals surface area contributed by atoms with Crippen LogP contribution >= 0.6 is 0 Å². The molecule has 1 N–H and O–H groups in total. The number of nitrogens with one attached hydrogen (secondary N) is 1. The topological polar surface area (TPSA) is 24.9 Å². The van der Waals surface area contributed by atoms with Crippen LogP contribution in [0, 0.1) is 0 Å². The van der Waals surface area contributed by atoms with Gasteiger partial charge in [-0.25, -0.2) is 0 Å². The van der Waals surface area contributed by atoms with Gasteiger partial charge in [-0.3, -0.25) is 4.98 Å². The molecule has 0 fully saturated rings. The third kappa shape index (κ3) is 3.65. The molecule has 100 valence electrons. The van der Waals surface area contributed by atoms with Crippen molar-refractivity contribution in [3.05, 3.63) is 47.7 Å². The molecule has 0 unspecified atom stereocenters. The van der Waals surface area contributed by atoms with Crippen LogP contribution in [0.2, 0.25) is 0 Å². The highest BCUT2D eigenvalue weighted by Gasteiger charge is 2.01. The molecular formula is C17H22N2. The maximum absolute atomic E-state index is 4.50. The molecule has 2 aromatic rings. The van der Waals surface area contributed by atoms with Gasteiger partial charge in [-0.2, -0.15) is 0 Å². The van der Waals surface area contributed by atoms with Gasteiger partial charge in [0.05, 0.1) is 5.52 Å². The van der Waals surface area contributed by atoms with Gasteiger partial charge in [-0.05, 0) is 25.5 Å². The van der Waals surface area contributed by atoms with Crippen molar-refractivity contribution >= 4 is 17.0 Å². The minimum atomic E-state index is 0.966. The van der Waals surface area contributed by atoms with E-state index in [1.54, 1.807) is 0 Å². The summed E-state index contributed by atoms with van der Waals surface area (Å²) in [5.74, 6) is 0. The molecule has 2 heteroatoms. The molecule has 0 aliphatic rings. The first-order chi connectivity index (χ1) is 9.35. The fourth-order valence-corrected chi connectivity index (χ4v) is 2.17. The van der Waals surface area contributed by atoms with Crippen LogP contribution in [0.5, 0.6) is 0 Å². The van der Waals surface area contributed by atoms with Crippen molar-refractivity contribution in [2.75, 3.05) is 13.1 Å². The number of fused-ring (bicyclic) bond motifs is 1. The maximum atomic E-state index is 4.50. The van der Waals surface area contributed by atoms with Gasteiger partial charge in [0.1, 0.15) is 0 Å². The van der Waals surface area contributed by atoms with Crippen LogP contribution in [-0.4, -0.2) is 18.1 Å². The van der Waals surface area contributed by atoms with Gasteiger partial charge in [0, 0.05) is 23.7 Å². The summed E-state index contributed by atoms with van der Waals surface area (Å²) in [4.78, 5) is 4.50. The van der Waals surface area contributed by atoms with Crippen molar-refractivity contribution < 1.29 is 0 Å². The number of pyridine rings is 1. The monoisotopic (exact) mass is 254 g/mol. The number of hydrogen-bond acceptors (Lipinski definition) is 2. The highest BCUT2D eigenvalue weighted by molar-refractivity contribution is 5.87. The number of benzene rings is 1. The molecule has 0 saturated heterocycles. The largest absolute Gasteiger partial charge is 0.313 e. The van der Waals surface area contributed by atoms with E-state index in [9.17, 15) is 0 Å². The summed E-state index contributed by atoms with van der Waals surface area (Å²) in [6.45, 7) is 6.44. The number of aromatic nitrogens is 1. The van der Waals surface area contributed by atoms with E-state index in [2.05, 4.69) is 54.5 Å². The van der Waals surface area contributed by atoms with Gasteiger partial charge in [-0.1, -0.05) is 49.8 Å². The highest BCUT2D eigenvalue weighted by atomic mass is 14.8. The SMILES string of the molecule is CCCNCC(=Cc1cccc2cccnc12)CC. The first kappa shape index (κ1) is 13.8. The predicted octanol–water partition coefficient (Wildman–Crippen LogP) is 4.03. The molecule has 19 heavy (non-hydrogen) atoms. The van der Waals surface area contributed by atoms with E-state index in [-0.39, 0.29) is 0 Å². The Kier molecular flexibility index (Phi) is 5.10. The Morgan fingerprint density at radius 3 is 2.84 bits per heavy atom. The summed E-state index contributed by atoms with van der Waals surface area (Å²) in [6.07, 6.45) is 6.38. The Morgan fingerprint density at radius 2 is 2.05 bits per heavy atom. The second-order valence-corrected chi connectivity index (χ2v) is 4.76. The van der Waals surface area contributed by atoms with Gasteiger partial charge in [0.15, 0.2) is 0 Å². The van der Waals surface area contributed by atoms with Gasteiger partial charge < -0.3 is 5.32 Å². The van der Waals surface area contributed by atoms with Crippen molar-refractivity contribution in [2.45, 2.75) is 26.7 Å². The summed E-state index contributed by atoms with van der Waals surface area (Å²) >= 11 is 0. The first-order valence-electron chi connectivity index (χ1n) is 7.09. The van der Waals surface area contributed by atoms with Crippen LogP contribution in [-0.2, 0) is 0 Å². The van der Waals surface area contributed by atoms with Crippen LogP contribution < -0.4 is 5.32 Å². The fraction of sp³-hybridized carbons (Fsp3) is 0.353. The van der Waals surface area contributed by atoms with Gasteiger partial charge in [0.25, 0.3) is 0 Å². The molecule has 1 heterocycles. The molecule has 2 nitrogen and oxygen atoms in total. The zero-order valence-electron chi connectivity index (χ0n) is 11.8. The number of hydrogen-bond donors (Lipinski definition) is 1. The molecular weight excluding hydrogens is 232 g/mol. The van der Waals surface area contributed by atoms with Crippen LogP contribution in [0.15, 0.2) is 42.1 Å². The lowest BCUT2D eigenvalue weighted by atomic mass is 10.1. The lowest BCUT2D eigenvalue weighted by Gasteiger charge is -2.07. The smallest absolute Gasteiger partial charge is 0.0774 e. The molecule has 0 spiro atoms. The fourth-order valence-electron chi connectivity index (χ4n) is 2.17. The average Bonchev–Trinajstić information content (AvgIpc) is 2.46.